The van der Waals surface area contributed by atoms with Crippen LogP contribution >= 0.6 is 12.4 Å². The molecule has 3 rings (SSSR count). The fraction of sp³-hybridized carbons (Fsp3) is 0.400. The van der Waals surface area contributed by atoms with Gasteiger partial charge in [-0.15, -0.1) is 12.4 Å². The highest BCUT2D eigenvalue weighted by Crippen LogP contribution is 2.12. The van der Waals surface area contributed by atoms with E-state index in [-0.39, 0.29) is 12.4 Å². The van der Waals surface area contributed by atoms with Crippen molar-refractivity contribution >= 4 is 12.4 Å². The molecular formula is C15H21ClN4. The van der Waals surface area contributed by atoms with E-state index in [0.29, 0.717) is 6.04 Å². The van der Waals surface area contributed by atoms with Gasteiger partial charge in [-0.05, 0) is 24.6 Å². The summed E-state index contributed by atoms with van der Waals surface area (Å²) in [5.41, 5.74) is 2.54. The van der Waals surface area contributed by atoms with Gasteiger partial charge >= 0.3 is 0 Å². The zero-order valence-electron chi connectivity index (χ0n) is 11.7. The van der Waals surface area contributed by atoms with Gasteiger partial charge in [0.1, 0.15) is 0 Å². The van der Waals surface area contributed by atoms with Crippen molar-refractivity contribution in [1.82, 2.24) is 19.8 Å². The van der Waals surface area contributed by atoms with Gasteiger partial charge in [0.25, 0.3) is 0 Å². The standard InChI is InChI=1S/C15H20N4.ClH/c1-13-10-18(8-7-17-13)11-14-2-4-15(5-3-14)19-9-6-16-12-19;/h2-6,9,12-13,17H,7-8,10-11H2,1H3;1H/t13-;/m0./s1. The second-order valence-electron chi connectivity index (χ2n) is 5.23. The Morgan fingerprint density at radius 2 is 2.10 bits per heavy atom. The first-order valence-electron chi connectivity index (χ1n) is 6.84. The molecule has 0 bridgehead atoms. The van der Waals surface area contributed by atoms with Crippen molar-refractivity contribution in [3.05, 3.63) is 48.5 Å². The average molecular weight is 293 g/mol. The molecule has 0 unspecified atom stereocenters. The second-order valence-corrected chi connectivity index (χ2v) is 5.23. The molecule has 1 atom stereocenters. The van der Waals surface area contributed by atoms with Crippen LogP contribution in [0.15, 0.2) is 43.0 Å². The molecule has 108 valence electrons. The summed E-state index contributed by atoms with van der Waals surface area (Å²) in [6.07, 6.45) is 5.59. The summed E-state index contributed by atoms with van der Waals surface area (Å²) >= 11 is 0. The van der Waals surface area contributed by atoms with Crippen molar-refractivity contribution in [3.63, 3.8) is 0 Å². The number of nitrogens with zero attached hydrogens (tertiary/aromatic N) is 3. The molecule has 1 N–H and O–H groups in total. The molecule has 5 heteroatoms. The molecule has 1 aliphatic rings. The molecule has 0 radical (unpaired) electrons. The predicted molar refractivity (Wildman–Crippen MR) is 83.6 cm³/mol. The van der Waals surface area contributed by atoms with E-state index >= 15 is 0 Å². The quantitative estimate of drug-likeness (QED) is 0.940. The molecule has 2 aromatic rings. The van der Waals surface area contributed by atoms with Gasteiger partial charge in [-0.1, -0.05) is 12.1 Å². The van der Waals surface area contributed by atoms with Crippen molar-refractivity contribution in [2.45, 2.75) is 19.5 Å². The highest BCUT2D eigenvalue weighted by atomic mass is 35.5. The SMILES string of the molecule is C[C@H]1CN(Cc2ccc(-n3ccnc3)cc2)CCN1.Cl. The first-order chi connectivity index (χ1) is 9.31. The Balaban J connectivity index is 0.00000147. The number of hydrogen-bond acceptors (Lipinski definition) is 3. The minimum atomic E-state index is 0. The second kappa shape index (κ2) is 6.88. The highest BCUT2D eigenvalue weighted by Gasteiger charge is 2.15. The fourth-order valence-corrected chi connectivity index (χ4v) is 2.60. The van der Waals surface area contributed by atoms with Crippen molar-refractivity contribution in [2.24, 2.45) is 0 Å². The number of imidazole rings is 1. The Bertz CT molecular complexity index is 509. The van der Waals surface area contributed by atoms with Gasteiger partial charge in [-0.25, -0.2) is 4.98 Å². The Morgan fingerprint density at radius 1 is 1.30 bits per heavy atom. The van der Waals surface area contributed by atoms with E-state index in [9.17, 15) is 0 Å². The molecule has 1 saturated heterocycles. The summed E-state index contributed by atoms with van der Waals surface area (Å²) in [5, 5.41) is 3.47. The molecule has 4 nitrogen and oxygen atoms in total. The fourth-order valence-electron chi connectivity index (χ4n) is 2.60. The number of nitrogens with one attached hydrogen (secondary N) is 1. The lowest BCUT2D eigenvalue weighted by molar-refractivity contribution is 0.199. The summed E-state index contributed by atoms with van der Waals surface area (Å²) in [7, 11) is 0. The third kappa shape index (κ3) is 3.60. The van der Waals surface area contributed by atoms with E-state index in [0.717, 1.165) is 31.9 Å². The summed E-state index contributed by atoms with van der Waals surface area (Å²) in [5.74, 6) is 0. The molecule has 0 aliphatic carbocycles. The smallest absolute Gasteiger partial charge is 0.0991 e. The van der Waals surface area contributed by atoms with Crippen LogP contribution in [0.1, 0.15) is 12.5 Å². The third-order valence-corrected chi connectivity index (χ3v) is 3.60. The maximum atomic E-state index is 4.07. The predicted octanol–water partition coefficient (Wildman–Crippen LogP) is 2.09. The van der Waals surface area contributed by atoms with Crippen molar-refractivity contribution < 1.29 is 0 Å². The van der Waals surface area contributed by atoms with E-state index in [1.165, 1.54) is 5.56 Å². The van der Waals surface area contributed by atoms with E-state index in [1.807, 2.05) is 17.1 Å². The largest absolute Gasteiger partial charge is 0.312 e. The minimum absolute atomic E-state index is 0. The number of benzene rings is 1. The number of piperazine rings is 1. The lowest BCUT2D eigenvalue weighted by atomic mass is 10.1. The Morgan fingerprint density at radius 3 is 2.75 bits per heavy atom. The van der Waals surface area contributed by atoms with Gasteiger partial charge in [0.05, 0.1) is 6.33 Å². The van der Waals surface area contributed by atoms with Gasteiger partial charge in [0.2, 0.25) is 0 Å². The van der Waals surface area contributed by atoms with Gasteiger partial charge in [-0.2, -0.15) is 0 Å². The van der Waals surface area contributed by atoms with Crippen LogP contribution in [0.3, 0.4) is 0 Å². The number of hydrogen-bond donors (Lipinski definition) is 1. The summed E-state index contributed by atoms with van der Waals surface area (Å²) in [4.78, 5) is 6.58. The molecule has 0 amide bonds. The lowest BCUT2D eigenvalue weighted by Crippen LogP contribution is -2.48. The van der Waals surface area contributed by atoms with Crippen LogP contribution in [0.25, 0.3) is 5.69 Å². The Kier molecular flexibility index (Phi) is 5.17. The van der Waals surface area contributed by atoms with Crippen LogP contribution in [-0.4, -0.2) is 40.1 Å². The molecule has 1 aliphatic heterocycles. The summed E-state index contributed by atoms with van der Waals surface area (Å²) in [6, 6.07) is 9.33. The Labute approximate surface area is 126 Å². The van der Waals surface area contributed by atoms with Crippen molar-refractivity contribution in [2.75, 3.05) is 19.6 Å². The maximum absolute atomic E-state index is 4.07. The zero-order valence-corrected chi connectivity index (χ0v) is 12.5. The zero-order chi connectivity index (χ0) is 13.1. The van der Waals surface area contributed by atoms with Crippen LogP contribution in [0.5, 0.6) is 0 Å². The van der Waals surface area contributed by atoms with Crippen LogP contribution in [0.2, 0.25) is 0 Å². The third-order valence-electron chi connectivity index (χ3n) is 3.60. The number of rotatable bonds is 3. The maximum Gasteiger partial charge on any atom is 0.0991 e. The molecule has 20 heavy (non-hydrogen) atoms. The molecule has 2 heterocycles. The molecular weight excluding hydrogens is 272 g/mol. The molecule has 1 fully saturated rings. The van der Waals surface area contributed by atoms with Crippen molar-refractivity contribution in [3.8, 4) is 5.69 Å². The monoisotopic (exact) mass is 292 g/mol. The summed E-state index contributed by atoms with van der Waals surface area (Å²) in [6.45, 7) is 6.63. The first kappa shape index (κ1) is 15.0. The van der Waals surface area contributed by atoms with Crippen LogP contribution in [0.4, 0.5) is 0 Å². The van der Waals surface area contributed by atoms with E-state index in [2.05, 4.69) is 46.4 Å². The Hall–Kier alpha value is -1.36. The first-order valence-corrected chi connectivity index (χ1v) is 6.84. The molecule has 0 spiro atoms. The highest BCUT2D eigenvalue weighted by molar-refractivity contribution is 5.85. The van der Waals surface area contributed by atoms with Crippen molar-refractivity contribution in [1.29, 1.82) is 0 Å². The normalized spacial score (nSPS) is 19.6. The van der Waals surface area contributed by atoms with E-state index < -0.39 is 0 Å². The summed E-state index contributed by atoms with van der Waals surface area (Å²) < 4.78 is 2.02. The molecule has 0 saturated carbocycles. The average Bonchev–Trinajstić information content (AvgIpc) is 2.94. The van der Waals surface area contributed by atoms with Gasteiger partial charge < -0.3 is 9.88 Å². The topological polar surface area (TPSA) is 33.1 Å². The van der Waals surface area contributed by atoms with Crippen LogP contribution in [0, 0.1) is 0 Å². The van der Waals surface area contributed by atoms with E-state index in [1.54, 1.807) is 6.20 Å². The molecule has 1 aromatic heterocycles. The van der Waals surface area contributed by atoms with Gasteiger partial charge in [0.15, 0.2) is 0 Å². The van der Waals surface area contributed by atoms with Gasteiger partial charge in [-0.3, -0.25) is 4.90 Å². The van der Waals surface area contributed by atoms with Gasteiger partial charge in [0, 0.05) is 50.3 Å². The minimum Gasteiger partial charge on any atom is -0.312 e. The van der Waals surface area contributed by atoms with Crippen LogP contribution in [-0.2, 0) is 6.54 Å². The van der Waals surface area contributed by atoms with Crippen LogP contribution < -0.4 is 5.32 Å². The van der Waals surface area contributed by atoms with E-state index in [4.69, 9.17) is 0 Å². The molecule has 1 aromatic carbocycles. The lowest BCUT2D eigenvalue weighted by Gasteiger charge is -2.31. The number of halogens is 1. The number of aromatic nitrogens is 2.